The van der Waals surface area contributed by atoms with Gasteiger partial charge in [-0.1, -0.05) is 60.7 Å². The van der Waals surface area contributed by atoms with Gasteiger partial charge in [-0.3, -0.25) is 9.36 Å². The number of aliphatic hydroxyl groups is 3. The van der Waals surface area contributed by atoms with Crippen molar-refractivity contribution in [1.29, 1.82) is 0 Å². The van der Waals surface area contributed by atoms with E-state index in [9.17, 15) is 15.0 Å². The van der Waals surface area contributed by atoms with Crippen molar-refractivity contribution in [2.45, 2.75) is 24.5 Å². The molecular weight excluding hydrogens is 448 g/mol. The first-order valence-corrected chi connectivity index (χ1v) is 11.2. The molecule has 1 fully saturated rings. The zero-order valence-corrected chi connectivity index (χ0v) is 18.4. The molecule has 4 N–H and O–H groups in total. The van der Waals surface area contributed by atoms with E-state index in [-0.39, 0.29) is 11.2 Å². The molecule has 0 radical (unpaired) electrons. The van der Waals surface area contributed by atoms with Gasteiger partial charge >= 0.3 is 0 Å². The van der Waals surface area contributed by atoms with Crippen LogP contribution in [0.5, 0.6) is 0 Å². The summed E-state index contributed by atoms with van der Waals surface area (Å²) in [6.45, 7) is -0.421. The van der Waals surface area contributed by atoms with Gasteiger partial charge in [0.05, 0.1) is 19.3 Å². The van der Waals surface area contributed by atoms with Gasteiger partial charge in [0.1, 0.15) is 18.3 Å². The number of nitrogens with zero attached hydrogens (tertiary/aromatic N) is 3. The molecule has 0 saturated carbocycles. The highest BCUT2D eigenvalue weighted by atomic mass is 16.6. The van der Waals surface area contributed by atoms with Crippen LogP contribution in [0.2, 0.25) is 0 Å². The summed E-state index contributed by atoms with van der Waals surface area (Å²) in [5, 5.41) is 36.8. The maximum Gasteiger partial charge on any atom is 0.278 e. The third-order valence-corrected chi connectivity index (χ3v) is 6.55. The Morgan fingerprint density at radius 1 is 0.857 bits per heavy atom. The van der Waals surface area contributed by atoms with Crippen LogP contribution >= 0.6 is 0 Å². The van der Waals surface area contributed by atoms with E-state index in [1.54, 1.807) is 0 Å². The lowest BCUT2D eigenvalue weighted by molar-refractivity contribution is -0.0511. The SMILES string of the molecule is O=c1[nH]cnc2c1ncn2[C@@H]1O[C@H](CO)[C@@H](O)[C@H]1O.c1cc2ccc3cccc4ccc(c1)c2c34. The van der Waals surface area contributed by atoms with E-state index in [0.29, 0.717) is 0 Å². The highest BCUT2D eigenvalue weighted by molar-refractivity contribution is 6.22. The second-order valence-electron chi connectivity index (χ2n) is 8.57. The average Bonchev–Trinajstić information content (AvgIpc) is 3.44. The van der Waals surface area contributed by atoms with Crippen molar-refractivity contribution in [2.24, 2.45) is 0 Å². The van der Waals surface area contributed by atoms with Gasteiger partial charge in [0.25, 0.3) is 5.56 Å². The smallest absolute Gasteiger partial charge is 0.278 e. The number of hydrogen-bond acceptors (Lipinski definition) is 7. The molecule has 1 aliphatic heterocycles. The van der Waals surface area contributed by atoms with Gasteiger partial charge in [0.15, 0.2) is 17.4 Å². The molecule has 7 rings (SSSR count). The summed E-state index contributed by atoms with van der Waals surface area (Å²) in [6, 6.07) is 21.9. The molecule has 0 amide bonds. The highest BCUT2D eigenvalue weighted by Gasteiger charge is 2.43. The van der Waals surface area contributed by atoms with Gasteiger partial charge in [-0.15, -0.1) is 0 Å². The lowest BCUT2D eigenvalue weighted by Gasteiger charge is -2.16. The summed E-state index contributed by atoms with van der Waals surface area (Å²) in [7, 11) is 0. The monoisotopic (exact) mass is 470 g/mol. The van der Waals surface area contributed by atoms with Crippen molar-refractivity contribution in [2.75, 3.05) is 6.61 Å². The van der Waals surface area contributed by atoms with Crippen molar-refractivity contribution in [3.8, 4) is 0 Å². The molecule has 0 spiro atoms. The maximum absolute atomic E-state index is 11.5. The van der Waals surface area contributed by atoms with E-state index < -0.39 is 36.7 Å². The number of H-pyrrole nitrogens is 1. The molecule has 1 saturated heterocycles. The summed E-state index contributed by atoms with van der Waals surface area (Å²) in [6.07, 6.45) is -1.78. The fourth-order valence-electron chi connectivity index (χ4n) is 4.83. The predicted molar refractivity (Wildman–Crippen MR) is 131 cm³/mol. The minimum Gasteiger partial charge on any atom is -0.394 e. The number of rotatable bonds is 2. The van der Waals surface area contributed by atoms with Crippen LogP contribution in [0.15, 0.2) is 78.1 Å². The molecule has 35 heavy (non-hydrogen) atoms. The third-order valence-electron chi connectivity index (χ3n) is 6.55. The molecule has 9 nitrogen and oxygen atoms in total. The zero-order chi connectivity index (χ0) is 24.1. The van der Waals surface area contributed by atoms with Crippen molar-refractivity contribution in [1.82, 2.24) is 19.5 Å². The maximum atomic E-state index is 11.5. The molecule has 4 aromatic carbocycles. The van der Waals surface area contributed by atoms with Gasteiger partial charge in [0.2, 0.25) is 0 Å². The first-order valence-electron chi connectivity index (χ1n) is 11.2. The molecule has 0 bridgehead atoms. The summed E-state index contributed by atoms with van der Waals surface area (Å²) in [4.78, 5) is 21.8. The largest absolute Gasteiger partial charge is 0.394 e. The topological polar surface area (TPSA) is 133 Å². The number of benzene rings is 4. The van der Waals surface area contributed by atoms with Gasteiger partial charge in [0, 0.05) is 0 Å². The number of imidazole rings is 1. The Balaban J connectivity index is 0.000000132. The van der Waals surface area contributed by atoms with Gasteiger partial charge < -0.3 is 25.0 Å². The van der Waals surface area contributed by atoms with Gasteiger partial charge in [-0.2, -0.15) is 0 Å². The second kappa shape index (κ2) is 8.40. The Morgan fingerprint density at radius 3 is 1.94 bits per heavy atom. The second-order valence-corrected chi connectivity index (χ2v) is 8.57. The van der Waals surface area contributed by atoms with Crippen LogP contribution in [0.3, 0.4) is 0 Å². The fourth-order valence-corrected chi connectivity index (χ4v) is 4.83. The number of fused-ring (bicyclic) bond motifs is 1. The van der Waals surface area contributed by atoms with Crippen LogP contribution in [0, 0.1) is 0 Å². The lowest BCUT2D eigenvalue weighted by Crippen LogP contribution is -2.33. The number of aromatic nitrogens is 4. The summed E-state index contributed by atoms with van der Waals surface area (Å²) < 4.78 is 6.70. The molecule has 6 aromatic rings. The Hall–Kier alpha value is -3.89. The van der Waals surface area contributed by atoms with Crippen LogP contribution in [0.4, 0.5) is 0 Å². The summed E-state index contributed by atoms with van der Waals surface area (Å²) in [5.74, 6) is 0. The predicted octanol–water partition coefficient (Wildman–Crippen LogP) is 2.32. The molecule has 1 aliphatic rings. The number of ether oxygens (including phenoxy) is 1. The van der Waals surface area contributed by atoms with Gasteiger partial charge in [-0.25, -0.2) is 9.97 Å². The Kier molecular flexibility index (Phi) is 5.19. The molecule has 0 unspecified atom stereocenters. The van der Waals surface area contributed by atoms with Crippen LogP contribution in [-0.4, -0.2) is 59.8 Å². The van der Waals surface area contributed by atoms with Crippen LogP contribution in [-0.2, 0) is 4.74 Å². The standard InChI is InChI=1S/C16H10.C10H12N4O5/c1-3-11-7-9-13-5-2-6-14-10-8-12(4-1)15(11)16(13)14;15-1-4-6(16)7(17)10(19-4)14-3-13-5-8(14)11-2-12-9(5)18/h1-10H;2-4,6-7,10,15-17H,1H2,(H,11,12,18)/t;4-,6-,7-,10-/m.1/s1. The minimum absolute atomic E-state index is 0.111. The van der Waals surface area contributed by atoms with Crippen LogP contribution in [0.1, 0.15) is 6.23 Å². The molecule has 0 aliphatic carbocycles. The fraction of sp³-hybridized carbons (Fsp3) is 0.192. The van der Waals surface area contributed by atoms with E-state index in [4.69, 9.17) is 9.84 Å². The Bertz CT molecular complexity index is 1580. The van der Waals surface area contributed by atoms with Crippen molar-refractivity contribution in [3.63, 3.8) is 0 Å². The van der Waals surface area contributed by atoms with E-state index in [1.807, 2.05) is 0 Å². The summed E-state index contributed by atoms with van der Waals surface area (Å²) in [5.41, 5.74) is -0.0608. The molecule has 3 heterocycles. The highest BCUT2D eigenvalue weighted by Crippen LogP contribution is 2.34. The normalized spacial score (nSPS) is 22.3. The zero-order valence-electron chi connectivity index (χ0n) is 18.4. The summed E-state index contributed by atoms with van der Waals surface area (Å²) >= 11 is 0. The molecule has 4 atom stereocenters. The molecular formula is C26H22N4O5. The lowest BCUT2D eigenvalue weighted by atomic mass is 9.95. The quantitative estimate of drug-likeness (QED) is 0.285. The number of aromatic amines is 1. The number of nitrogens with one attached hydrogen (secondary N) is 1. The molecule has 2 aromatic heterocycles. The van der Waals surface area contributed by atoms with E-state index in [0.717, 1.165) is 0 Å². The first-order chi connectivity index (χ1) is 17.1. The Morgan fingerprint density at radius 2 is 1.43 bits per heavy atom. The minimum atomic E-state index is -1.24. The van der Waals surface area contributed by atoms with Crippen molar-refractivity contribution in [3.05, 3.63) is 83.7 Å². The number of hydrogen-bond donors (Lipinski definition) is 4. The van der Waals surface area contributed by atoms with Crippen molar-refractivity contribution >= 4 is 43.5 Å². The van der Waals surface area contributed by atoms with Crippen LogP contribution in [0.25, 0.3) is 43.5 Å². The van der Waals surface area contributed by atoms with Crippen LogP contribution < -0.4 is 5.56 Å². The van der Waals surface area contributed by atoms with Crippen molar-refractivity contribution < 1.29 is 20.1 Å². The third kappa shape index (κ3) is 3.44. The van der Waals surface area contributed by atoms with E-state index in [1.165, 1.54) is 49.5 Å². The average molecular weight is 470 g/mol. The molecule has 176 valence electrons. The van der Waals surface area contributed by atoms with E-state index in [2.05, 4.69) is 75.6 Å². The Labute approximate surface area is 198 Å². The first kappa shape index (κ1) is 21.6. The number of aliphatic hydroxyl groups excluding tert-OH is 3. The van der Waals surface area contributed by atoms with Gasteiger partial charge in [-0.05, 0) is 32.3 Å². The molecule has 9 heteroatoms. The van der Waals surface area contributed by atoms with E-state index >= 15 is 0 Å².